The Labute approximate surface area is 113 Å². The maximum Gasteiger partial charge on any atom is 0.186 e. The number of Topliss-reactive ketones (excluding diaryl/α,β-unsaturated/α-hetero) is 1. The number of halogens is 1. The Bertz CT molecular complexity index is 448. The smallest absolute Gasteiger partial charge is 0.186 e. The lowest BCUT2D eigenvalue weighted by molar-refractivity contribution is 0.0930. The molecule has 0 radical (unpaired) electrons. The quantitative estimate of drug-likeness (QED) is 0.758. The Morgan fingerprint density at radius 1 is 1.59 bits per heavy atom. The lowest BCUT2D eigenvalue weighted by Crippen LogP contribution is -2.32. The second kappa shape index (κ2) is 5.76. The van der Waals surface area contributed by atoms with Gasteiger partial charge in [-0.2, -0.15) is 5.26 Å². The average molecular weight is 313 g/mol. The van der Waals surface area contributed by atoms with E-state index in [2.05, 4.69) is 26.9 Å². The number of hydrogen-bond donors (Lipinski definition) is 0. The zero-order chi connectivity index (χ0) is 12.3. The summed E-state index contributed by atoms with van der Waals surface area (Å²) in [6.07, 6.45) is 2.82. The van der Waals surface area contributed by atoms with Crippen LogP contribution in [0.25, 0.3) is 0 Å². The second-order valence-electron chi connectivity index (χ2n) is 4.14. The van der Waals surface area contributed by atoms with Gasteiger partial charge in [0.15, 0.2) is 5.78 Å². The highest BCUT2D eigenvalue weighted by Gasteiger charge is 2.30. The predicted molar refractivity (Wildman–Crippen MR) is 71.2 cm³/mol. The molecule has 0 amide bonds. The largest absolute Gasteiger partial charge is 0.292 e. The molecule has 1 aliphatic carbocycles. The van der Waals surface area contributed by atoms with E-state index in [0.717, 1.165) is 21.5 Å². The van der Waals surface area contributed by atoms with E-state index < -0.39 is 0 Å². The minimum absolute atomic E-state index is 0.158. The van der Waals surface area contributed by atoms with Gasteiger partial charge >= 0.3 is 0 Å². The average Bonchev–Trinajstić information content (AvgIpc) is 3.06. The molecule has 2 rings (SSSR count). The van der Waals surface area contributed by atoms with E-state index in [1.54, 1.807) is 0 Å². The van der Waals surface area contributed by atoms with E-state index in [9.17, 15) is 4.79 Å². The van der Waals surface area contributed by atoms with Crippen LogP contribution in [0.2, 0.25) is 0 Å². The van der Waals surface area contributed by atoms with E-state index >= 15 is 0 Å². The zero-order valence-corrected chi connectivity index (χ0v) is 11.8. The Kier molecular flexibility index (Phi) is 4.32. The summed E-state index contributed by atoms with van der Waals surface area (Å²) in [7, 11) is 0. The molecule has 1 aromatic rings. The first-order valence-electron chi connectivity index (χ1n) is 5.60. The van der Waals surface area contributed by atoms with Crippen LogP contribution in [0.5, 0.6) is 0 Å². The fraction of sp³-hybridized carbons (Fsp3) is 0.500. The first-order valence-corrected chi connectivity index (χ1v) is 7.21. The summed E-state index contributed by atoms with van der Waals surface area (Å²) in [5.74, 6) is 0.158. The summed E-state index contributed by atoms with van der Waals surface area (Å²) < 4.78 is 0.982. The van der Waals surface area contributed by atoms with Crippen LogP contribution in [0.3, 0.4) is 0 Å². The highest BCUT2D eigenvalue weighted by molar-refractivity contribution is 9.11. The van der Waals surface area contributed by atoms with Crippen molar-refractivity contribution in [3.8, 4) is 6.07 Å². The maximum atomic E-state index is 12.0. The lowest BCUT2D eigenvalue weighted by atomic mass is 10.2. The van der Waals surface area contributed by atoms with E-state index in [-0.39, 0.29) is 5.78 Å². The van der Waals surface area contributed by atoms with Crippen molar-refractivity contribution >= 4 is 33.0 Å². The molecule has 1 saturated carbocycles. The lowest BCUT2D eigenvalue weighted by Gasteiger charge is -2.18. The summed E-state index contributed by atoms with van der Waals surface area (Å²) in [4.78, 5) is 15.0. The van der Waals surface area contributed by atoms with Gasteiger partial charge < -0.3 is 0 Å². The van der Waals surface area contributed by atoms with Crippen molar-refractivity contribution in [2.75, 3.05) is 13.1 Å². The number of rotatable bonds is 6. The Balaban J connectivity index is 1.93. The number of carbonyl (C=O) groups is 1. The molecule has 0 spiro atoms. The van der Waals surface area contributed by atoms with Crippen molar-refractivity contribution in [3.63, 3.8) is 0 Å². The molecule has 1 aliphatic rings. The molecule has 1 aromatic heterocycles. The number of thiophene rings is 1. The summed E-state index contributed by atoms with van der Waals surface area (Å²) in [6, 6.07) is 6.41. The Morgan fingerprint density at radius 3 is 2.88 bits per heavy atom. The zero-order valence-electron chi connectivity index (χ0n) is 9.36. The normalized spacial score (nSPS) is 14.9. The molecular formula is C12H13BrN2OS. The van der Waals surface area contributed by atoms with Crippen molar-refractivity contribution in [1.82, 2.24) is 4.90 Å². The Morgan fingerprint density at radius 2 is 2.35 bits per heavy atom. The fourth-order valence-electron chi connectivity index (χ4n) is 1.75. The molecular weight excluding hydrogens is 300 g/mol. The number of hydrogen-bond acceptors (Lipinski definition) is 4. The third-order valence-electron chi connectivity index (χ3n) is 2.77. The summed E-state index contributed by atoms with van der Waals surface area (Å²) in [5.41, 5.74) is 0. The van der Waals surface area contributed by atoms with Crippen LogP contribution < -0.4 is 0 Å². The van der Waals surface area contributed by atoms with Crippen LogP contribution in [0.1, 0.15) is 28.9 Å². The second-order valence-corrected chi connectivity index (χ2v) is 6.60. The van der Waals surface area contributed by atoms with Gasteiger partial charge in [0.2, 0.25) is 0 Å². The standard InChI is InChI=1S/C12H13BrN2OS/c13-12-5-4-11(17-12)10(16)8-15(7-1-6-14)9-2-3-9/h4-5,9H,1-3,7-8H2. The predicted octanol–water partition coefficient (Wildman–Crippen LogP) is 3.07. The molecule has 3 nitrogen and oxygen atoms in total. The molecule has 0 N–H and O–H groups in total. The number of nitrogens with zero attached hydrogens (tertiary/aromatic N) is 2. The fourth-order valence-corrected chi connectivity index (χ4v) is 3.07. The number of carbonyl (C=O) groups excluding carboxylic acids is 1. The highest BCUT2D eigenvalue weighted by Crippen LogP contribution is 2.28. The van der Waals surface area contributed by atoms with Crippen LogP contribution in [-0.4, -0.2) is 29.8 Å². The monoisotopic (exact) mass is 312 g/mol. The molecule has 17 heavy (non-hydrogen) atoms. The van der Waals surface area contributed by atoms with Crippen LogP contribution in [0.4, 0.5) is 0 Å². The van der Waals surface area contributed by atoms with Crippen LogP contribution in [0, 0.1) is 11.3 Å². The molecule has 0 unspecified atom stereocenters. The van der Waals surface area contributed by atoms with Crippen LogP contribution in [0.15, 0.2) is 15.9 Å². The molecule has 0 aromatic carbocycles. The van der Waals surface area contributed by atoms with Crippen molar-refractivity contribution < 1.29 is 4.79 Å². The first-order chi connectivity index (χ1) is 8.20. The van der Waals surface area contributed by atoms with Gasteiger partial charge in [0.25, 0.3) is 0 Å². The number of nitriles is 1. The minimum Gasteiger partial charge on any atom is -0.292 e. The van der Waals surface area contributed by atoms with Crippen molar-refractivity contribution in [2.24, 2.45) is 0 Å². The van der Waals surface area contributed by atoms with Crippen LogP contribution in [-0.2, 0) is 0 Å². The van der Waals surface area contributed by atoms with Gasteiger partial charge in [-0.05, 0) is 40.9 Å². The van der Waals surface area contributed by atoms with Gasteiger partial charge in [0.05, 0.1) is 21.3 Å². The van der Waals surface area contributed by atoms with Gasteiger partial charge in [-0.25, -0.2) is 0 Å². The summed E-state index contributed by atoms with van der Waals surface area (Å²) in [5, 5.41) is 8.61. The van der Waals surface area contributed by atoms with Crippen LogP contribution >= 0.6 is 27.3 Å². The molecule has 5 heteroatoms. The Hall–Kier alpha value is -0.700. The highest BCUT2D eigenvalue weighted by atomic mass is 79.9. The maximum absolute atomic E-state index is 12.0. The molecule has 90 valence electrons. The summed E-state index contributed by atoms with van der Waals surface area (Å²) in [6.45, 7) is 1.15. The topological polar surface area (TPSA) is 44.1 Å². The molecule has 1 heterocycles. The van der Waals surface area contributed by atoms with Gasteiger partial charge in [0, 0.05) is 19.0 Å². The molecule has 0 atom stereocenters. The van der Waals surface area contributed by atoms with Crippen molar-refractivity contribution in [3.05, 3.63) is 20.8 Å². The molecule has 0 bridgehead atoms. The van der Waals surface area contributed by atoms with Gasteiger partial charge in [-0.3, -0.25) is 9.69 Å². The van der Waals surface area contributed by atoms with Gasteiger partial charge in [-0.15, -0.1) is 11.3 Å². The van der Waals surface area contributed by atoms with Crippen molar-refractivity contribution in [1.29, 1.82) is 5.26 Å². The van der Waals surface area contributed by atoms with Gasteiger partial charge in [0.1, 0.15) is 0 Å². The molecule has 1 fully saturated rings. The third kappa shape index (κ3) is 3.63. The molecule has 0 saturated heterocycles. The van der Waals surface area contributed by atoms with E-state index in [0.29, 0.717) is 25.6 Å². The van der Waals surface area contributed by atoms with E-state index in [1.807, 2.05) is 12.1 Å². The summed E-state index contributed by atoms with van der Waals surface area (Å²) >= 11 is 4.83. The molecule has 0 aliphatic heterocycles. The van der Waals surface area contributed by atoms with E-state index in [1.165, 1.54) is 11.3 Å². The van der Waals surface area contributed by atoms with E-state index in [4.69, 9.17) is 5.26 Å². The first kappa shape index (κ1) is 12.7. The SMILES string of the molecule is N#CCCN(CC(=O)c1ccc(Br)s1)C1CC1. The minimum atomic E-state index is 0.158. The number of ketones is 1. The third-order valence-corrected chi connectivity index (χ3v) is 4.43. The van der Waals surface area contributed by atoms with Crippen molar-refractivity contribution in [2.45, 2.75) is 25.3 Å². The van der Waals surface area contributed by atoms with Gasteiger partial charge in [-0.1, -0.05) is 0 Å².